The fourth-order valence-electron chi connectivity index (χ4n) is 10.2. The first-order chi connectivity index (χ1) is 17.1. The van der Waals surface area contributed by atoms with Crippen LogP contribution in [0.25, 0.3) is 0 Å². The molecule has 4 fully saturated rings. The van der Waals surface area contributed by atoms with E-state index in [-0.39, 0.29) is 41.7 Å². The Hall–Kier alpha value is -0.533. The van der Waals surface area contributed by atoms with Crippen molar-refractivity contribution in [2.75, 3.05) is 7.11 Å². The molecule has 37 heavy (non-hydrogen) atoms. The van der Waals surface area contributed by atoms with Gasteiger partial charge in [-0.25, -0.2) is 8.78 Å². The molecule has 0 aliphatic heterocycles. The van der Waals surface area contributed by atoms with Gasteiger partial charge in [-0.05, 0) is 111 Å². The summed E-state index contributed by atoms with van der Waals surface area (Å²) in [7, 11) is -0.566. The van der Waals surface area contributed by atoms with Gasteiger partial charge in [0.2, 0.25) is 0 Å². The van der Waals surface area contributed by atoms with E-state index in [1.807, 2.05) is 0 Å². The van der Waals surface area contributed by atoms with Crippen LogP contribution in [0.5, 0.6) is 0 Å². The van der Waals surface area contributed by atoms with E-state index in [0.29, 0.717) is 37.0 Å². The zero-order valence-corrected chi connectivity index (χ0v) is 25.5. The number of halogens is 2. The molecule has 0 amide bonds. The molecular formula is C30H52F2O4Si. The zero-order valence-electron chi connectivity index (χ0n) is 24.5. The molecule has 7 heteroatoms. The second kappa shape index (κ2) is 10.1. The maximum absolute atomic E-state index is 15.9. The number of hydrogen-bond donors (Lipinski definition) is 1. The van der Waals surface area contributed by atoms with Crippen molar-refractivity contribution in [2.24, 2.45) is 52.3 Å². The monoisotopic (exact) mass is 542 g/mol. The smallest absolute Gasteiger partial charge is 0.305 e. The number of esters is 1. The molecule has 4 aliphatic rings. The Labute approximate surface area is 224 Å². The molecule has 4 unspecified atom stereocenters. The second-order valence-electron chi connectivity index (χ2n) is 14.6. The van der Waals surface area contributed by atoms with Crippen LogP contribution in [0, 0.1) is 52.3 Å². The van der Waals surface area contributed by atoms with Crippen LogP contribution in [-0.2, 0) is 14.0 Å². The fraction of sp³-hybridized carbons (Fsp3) is 0.967. The molecule has 1 N–H and O–H groups in total. The molecule has 0 radical (unpaired) electrons. The predicted octanol–water partition coefficient (Wildman–Crippen LogP) is 7.31. The van der Waals surface area contributed by atoms with Crippen molar-refractivity contribution in [3.05, 3.63) is 0 Å². The van der Waals surface area contributed by atoms with Gasteiger partial charge in [0, 0.05) is 12.3 Å². The highest BCUT2D eigenvalue weighted by atomic mass is 28.4. The molecule has 0 spiro atoms. The van der Waals surface area contributed by atoms with Gasteiger partial charge < -0.3 is 14.3 Å². The summed E-state index contributed by atoms with van der Waals surface area (Å²) in [5.41, 5.74) is -0.348. The van der Waals surface area contributed by atoms with Gasteiger partial charge >= 0.3 is 5.97 Å². The number of fused-ring (bicyclic) bond motifs is 5. The van der Waals surface area contributed by atoms with Crippen molar-refractivity contribution in [1.29, 1.82) is 0 Å². The van der Waals surface area contributed by atoms with E-state index >= 15 is 8.78 Å². The van der Waals surface area contributed by atoms with Crippen LogP contribution < -0.4 is 0 Å². The largest absolute Gasteiger partial charge is 0.469 e. The molecule has 0 aromatic heterocycles. The molecule has 0 saturated heterocycles. The van der Waals surface area contributed by atoms with Gasteiger partial charge in [0.1, 0.15) is 6.10 Å². The van der Waals surface area contributed by atoms with Crippen molar-refractivity contribution < 1.29 is 27.8 Å². The van der Waals surface area contributed by atoms with Crippen LogP contribution in [0.3, 0.4) is 0 Å². The van der Waals surface area contributed by atoms with Gasteiger partial charge in [0.15, 0.2) is 8.32 Å². The third-order valence-electron chi connectivity index (χ3n) is 11.7. The first kappa shape index (κ1) is 29.4. The van der Waals surface area contributed by atoms with Gasteiger partial charge in [-0.15, -0.1) is 0 Å². The van der Waals surface area contributed by atoms with E-state index in [0.717, 1.165) is 32.1 Å². The molecule has 0 bridgehead atoms. The number of alkyl halides is 2. The van der Waals surface area contributed by atoms with Gasteiger partial charge in [0.25, 0.3) is 5.92 Å². The third kappa shape index (κ3) is 4.85. The minimum atomic E-state index is -3.08. The van der Waals surface area contributed by atoms with Gasteiger partial charge in [0.05, 0.1) is 13.2 Å². The van der Waals surface area contributed by atoms with Crippen LogP contribution in [0.1, 0.15) is 85.5 Å². The fourth-order valence-corrected chi connectivity index (χ4v) is 11.3. The number of aliphatic hydroxyl groups is 1. The number of rotatable bonds is 7. The van der Waals surface area contributed by atoms with Crippen molar-refractivity contribution in [1.82, 2.24) is 0 Å². The average molecular weight is 543 g/mol. The number of carbonyl (C=O) groups excluding carboxylic acids is 1. The van der Waals surface area contributed by atoms with Gasteiger partial charge in [-0.3, -0.25) is 4.79 Å². The first-order valence-corrected chi connectivity index (χ1v) is 18.3. The topological polar surface area (TPSA) is 55.8 Å². The summed E-state index contributed by atoms with van der Waals surface area (Å²) in [6.45, 7) is 15.5. The lowest BCUT2D eigenvalue weighted by molar-refractivity contribution is -0.284. The Morgan fingerprint density at radius 2 is 1.68 bits per heavy atom. The normalized spacial score (nSPS) is 45.9. The van der Waals surface area contributed by atoms with Gasteiger partial charge in [-0.2, -0.15) is 0 Å². The molecule has 0 aromatic carbocycles. The summed E-state index contributed by atoms with van der Waals surface area (Å²) in [6.07, 6.45) is 5.35. The summed E-state index contributed by atoms with van der Waals surface area (Å²) < 4.78 is 43.8. The Balaban J connectivity index is 1.73. The highest BCUT2D eigenvalue weighted by Crippen LogP contribution is 2.71. The lowest BCUT2D eigenvalue weighted by atomic mass is 9.40. The average Bonchev–Trinajstić information content (AvgIpc) is 3.17. The maximum atomic E-state index is 15.9. The molecule has 4 aliphatic carbocycles. The number of methoxy groups -OCH3 is 1. The number of carbonyl (C=O) groups is 1. The molecule has 214 valence electrons. The van der Waals surface area contributed by atoms with Crippen LogP contribution in [0.4, 0.5) is 8.78 Å². The summed E-state index contributed by atoms with van der Waals surface area (Å²) in [5.74, 6) is -2.44. The highest BCUT2D eigenvalue weighted by Gasteiger charge is 2.71. The van der Waals surface area contributed by atoms with E-state index in [4.69, 9.17) is 9.16 Å². The highest BCUT2D eigenvalue weighted by molar-refractivity contribution is 6.69. The SMILES string of the molecule is CC[C@@H]1[C@@H]2C(F)(F)[C@H](O)CC[C@]2(C)C2CC[C@@]3(C)C(CCC3[C@H](C)CCC(=O)OC)C2[C@@H]1O[Si](C)(C)C. The molecule has 0 heterocycles. The van der Waals surface area contributed by atoms with E-state index in [9.17, 15) is 9.90 Å². The Kier molecular flexibility index (Phi) is 8.07. The summed E-state index contributed by atoms with van der Waals surface area (Å²) in [6, 6.07) is 0. The van der Waals surface area contributed by atoms with Crippen LogP contribution in [0.2, 0.25) is 19.6 Å². The second-order valence-corrected chi connectivity index (χ2v) is 19.1. The molecule has 0 aromatic rings. The van der Waals surface area contributed by atoms with E-state index in [1.54, 1.807) is 0 Å². The standard InChI is InChI=1S/C30H52F2O4Si/c1-9-19-26(36-37(6,7)8)25-21-12-11-20(18(2)10-13-24(34)35-5)28(21,3)16-14-22(25)29(4)17-15-23(33)30(31,32)27(19)29/h18-23,25-27,33H,9-17H2,1-8H3/t18-,19+,20?,21?,22?,23-,25?,26-,27+,28-,29-/m1/s1. The van der Waals surface area contributed by atoms with Crippen molar-refractivity contribution >= 4 is 14.3 Å². The van der Waals surface area contributed by atoms with Crippen molar-refractivity contribution in [3.8, 4) is 0 Å². The zero-order chi connectivity index (χ0) is 27.6. The number of aliphatic hydroxyl groups excluding tert-OH is 1. The predicted molar refractivity (Wildman–Crippen MR) is 145 cm³/mol. The Morgan fingerprint density at radius 3 is 2.27 bits per heavy atom. The van der Waals surface area contributed by atoms with Crippen molar-refractivity contribution in [2.45, 2.75) is 123 Å². The Bertz CT molecular complexity index is 846. The van der Waals surface area contributed by atoms with Crippen LogP contribution in [-0.4, -0.2) is 44.6 Å². The van der Waals surface area contributed by atoms with Gasteiger partial charge in [-0.1, -0.05) is 34.1 Å². The van der Waals surface area contributed by atoms with Crippen LogP contribution >= 0.6 is 0 Å². The summed E-state index contributed by atoms with van der Waals surface area (Å²) >= 11 is 0. The molecular weight excluding hydrogens is 490 g/mol. The minimum absolute atomic E-state index is 0.135. The number of ether oxygens (including phenoxy) is 1. The Morgan fingerprint density at radius 1 is 1.05 bits per heavy atom. The van der Waals surface area contributed by atoms with E-state index < -0.39 is 31.7 Å². The first-order valence-electron chi connectivity index (χ1n) is 14.9. The lowest BCUT2D eigenvalue weighted by Crippen LogP contribution is -2.68. The molecule has 4 saturated carbocycles. The quantitative estimate of drug-likeness (QED) is 0.271. The summed E-state index contributed by atoms with van der Waals surface area (Å²) in [4.78, 5) is 11.9. The minimum Gasteiger partial charge on any atom is -0.469 e. The van der Waals surface area contributed by atoms with Crippen LogP contribution in [0.15, 0.2) is 0 Å². The lowest BCUT2D eigenvalue weighted by Gasteiger charge is -2.67. The maximum Gasteiger partial charge on any atom is 0.305 e. The number of hydrogen-bond acceptors (Lipinski definition) is 4. The van der Waals surface area contributed by atoms with Crippen molar-refractivity contribution in [3.63, 3.8) is 0 Å². The van der Waals surface area contributed by atoms with E-state index in [1.165, 1.54) is 7.11 Å². The molecule has 4 nitrogen and oxygen atoms in total. The third-order valence-corrected chi connectivity index (χ3v) is 12.7. The molecule has 11 atom stereocenters. The van der Waals surface area contributed by atoms with E-state index in [2.05, 4.69) is 47.3 Å². The summed E-state index contributed by atoms with van der Waals surface area (Å²) in [5, 5.41) is 10.5. The molecule has 4 rings (SSSR count).